The second-order valence-corrected chi connectivity index (χ2v) is 3.85. The largest absolute Gasteiger partial charge is 0.370 e. The van der Waals surface area contributed by atoms with E-state index < -0.39 is 0 Å². The van der Waals surface area contributed by atoms with Crippen molar-refractivity contribution in [2.45, 2.75) is 19.4 Å². The zero-order valence-corrected chi connectivity index (χ0v) is 9.05. The first-order chi connectivity index (χ1) is 7.59. The van der Waals surface area contributed by atoms with Crippen molar-refractivity contribution in [1.82, 2.24) is 9.55 Å². The Morgan fingerprint density at radius 2 is 2.19 bits per heavy atom. The number of nitrogen functional groups attached to an aromatic ring is 1. The first-order valence-corrected chi connectivity index (χ1v) is 5.10. The molecule has 16 heavy (non-hydrogen) atoms. The molecule has 0 fully saturated rings. The van der Waals surface area contributed by atoms with E-state index in [-0.39, 0.29) is 18.4 Å². The van der Waals surface area contributed by atoms with Gasteiger partial charge in [-0.15, -0.1) is 0 Å². The number of aromatic nitrogens is 2. The van der Waals surface area contributed by atoms with E-state index >= 15 is 0 Å². The van der Waals surface area contributed by atoms with Gasteiger partial charge in [0.05, 0.1) is 11.0 Å². The Morgan fingerprint density at radius 3 is 2.88 bits per heavy atom. The predicted molar refractivity (Wildman–Crippen MR) is 62.7 cm³/mol. The molecule has 0 saturated carbocycles. The number of rotatable bonds is 3. The molecular formula is C11H14N4O. The summed E-state index contributed by atoms with van der Waals surface area (Å²) >= 11 is 0. The van der Waals surface area contributed by atoms with Crippen molar-refractivity contribution in [1.29, 1.82) is 0 Å². The minimum atomic E-state index is -0.343. The maximum absolute atomic E-state index is 10.9. The number of hydrogen-bond donors (Lipinski definition) is 2. The van der Waals surface area contributed by atoms with Gasteiger partial charge in [0.25, 0.3) is 0 Å². The summed E-state index contributed by atoms with van der Waals surface area (Å²) < 4.78 is 1.83. The highest BCUT2D eigenvalue weighted by molar-refractivity contribution is 5.79. The Kier molecular flexibility index (Phi) is 2.52. The summed E-state index contributed by atoms with van der Waals surface area (Å²) in [5.41, 5.74) is 12.8. The number of imidazole rings is 1. The topological polar surface area (TPSA) is 86.9 Å². The molecule has 2 rings (SSSR count). The van der Waals surface area contributed by atoms with Crippen LogP contribution >= 0.6 is 0 Å². The van der Waals surface area contributed by atoms with Crippen LogP contribution in [0.15, 0.2) is 24.3 Å². The minimum Gasteiger partial charge on any atom is -0.370 e. The van der Waals surface area contributed by atoms with E-state index in [9.17, 15) is 4.79 Å². The number of nitrogens with zero attached hydrogens (tertiary/aromatic N) is 2. The van der Waals surface area contributed by atoms with Crippen LogP contribution < -0.4 is 11.5 Å². The molecule has 5 heteroatoms. The summed E-state index contributed by atoms with van der Waals surface area (Å²) in [5.74, 6) is 0.0691. The Labute approximate surface area is 93.1 Å². The van der Waals surface area contributed by atoms with Crippen LogP contribution in [0.2, 0.25) is 0 Å². The molecule has 1 atom stereocenters. The first-order valence-electron chi connectivity index (χ1n) is 5.10. The Balaban J connectivity index is 2.50. The van der Waals surface area contributed by atoms with Crippen LogP contribution in [-0.4, -0.2) is 15.5 Å². The number of hydrogen-bond acceptors (Lipinski definition) is 3. The molecule has 0 aliphatic carbocycles. The molecule has 1 heterocycles. The number of benzene rings is 1. The van der Waals surface area contributed by atoms with Crippen LogP contribution in [0.5, 0.6) is 0 Å². The molecule has 1 amide bonds. The summed E-state index contributed by atoms with van der Waals surface area (Å²) in [7, 11) is 0. The summed E-state index contributed by atoms with van der Waals surface area (Å²) in [6, 6.07) is 7.55. The van der Waals surface area contributed by atoms with Gasteiger partial charge < -0.3 is 16.0 Å². The summed E-state index contributed by atoms with van der Waals surface area (Å²) in [6.07, 6.45) is 0.255. The average molecular weight is 218 g/mol. The van der Waals surface area contributed by atoms with Gasteiger partial charge in [-0.2, -0.15) is 0 Å². The Morgan fingerprint density at radius 1 is 1.50 bits per heavy atom. The highest BCUT2D eigenvalue weighted by atomic mass is 16.1. The van der Waals surface area contributed by atoms with Crippen molar-refractivity contribution in [2.24, 2.45) is 5.73 Å². The van der Waals surface area contributed by atoms with E-state index in [0.717, 1.165) is 11.0 Å². The van der Waals surface area contributed by atoms with Crippen molar-refractivity contribution < 1.29 is 4.79 Å². The van der Waals surface area contributed by atoms with Gasteiger partial charge in [0.1, 0.15) is 0 Å². The Hall–Kier alpha value is -2.04. The van der Waals surface area contributed by atoms with Crippen LogP contribution in [0.3, 0.4) is 0 Å². The van der Waals surface area contributed by atoms with Gasteiger partial charge in [-0.1, -0.05) is 12.1 Å². The predicted octanol–water partition coefficient (Wildman–Crippen LogP) is 1.05. The van der Waals surface area contributed by atoms with Gasteiger partial charge in [-0.05, 0) is 19.1 Å². The van der Waals surface area contributed by atoms with Crippen LogP contribution in [0.25, 0.3) is 11.0 Å². The number of fused-ring (bicyclic) bond motifs is 1. The maximum Gasteiger partial charge on any atom is 0.219 e. The zero-order chi connectivity index (χ0) is 11.7. The van der Waals surface area contributed by atoms with Crippen molar-refractivity contribution >= 4 is 22.9 Å². The summed E-state index contributed by atoms with van der Waals surface area (Å²) in [5, 5.41) is 0. The number of para-hydroxylation sites is 2. The molecule has 0 radical (unpaired) electrons. The molecule has 0 saturated heterocycles. The summed E-state index contributed by atoms with van der Waals surface area (Å²) in [4.78, 5) is 15.1. The third-order valence-electron chi connectivity index (χ3n) is 2.56. The molecule has 0 aliphatic heterocycles. The lowest BCUT2D eigenvalue weighted by Crippen LogP contribution is -2.18. The Bertz CT molecular complexity index is 532. The standard InChI is InChI=1S/C11H14N4O/c1-7(6-10(12)16)15-9-5-3-2-4-8(9)14-11(15)13/h2-5,7H,6H2,1H3,(H2,12,16)(H2,13,14). The highest BCUT2D eigenvalue weighted by Crippen LogP contribution is 2.23. The van der Waals surface area contributed by atoms with Gasteiger partial charge in [-0.25, -0.2) is 4.98 Å². The zero-order valence-electron chi connectivity index (χ0n) is 9.05. The number of nitrogens with two attached hydrogens (primary N) is 2. The number of primary amides is 1. The molecule has 1 unspecified atom stereocenters. The van der Waals surface area contributed by atoms with Crippen LogP contribution in [0.1, 0.15) is 19.4 Å². The molecule has 0 aliphatic rings. The molecular weight excluding hydrogens is 204 g/mol. The van der Waals surface area contributed by atoms with Crippen LogP contribution in [0.4, 0.5) is 5.95 Å². The van der Waals surface area contributed by atoms with E-state index in [1.54, 1.807) is 0 Å². The monoisotopic (exact) mass is 218 g/mol. The quantitative estimate of drug-likeness (QED) is 0.807. The van der Waals surface area contributed by atoms with Gasteiger partial charge >= 0.3 is 0 Å². The third-order valence-corrected chi connectivity index (χ3v) is 2.56. The van der Waals surface area contributed by atoms with Gasteiger partial charge in [0.2, 0.25) is 11.9 Å². The SMILES string of the molecule is CC(CC(N)=O)n1c(N)nc2ccccc21. The smallest absolute Gasteiger partial charge is 0.219 e. The normalized spacial score (nSPS) is 12.8. The molecule has 84 valence electrons. The van der Waals surface area contributed by atoms with E-state index in [1.807, 2.05) is 35.8 Å². The molecule has 1 aromatic carbocycles. The van der Waals surface area contributed by atoms with Gasteiger partial charge in [0, 0.05) is 12.5 Å². The minimum absolute atomic E-state index is 0.0788. The molecule has 0 bridgehead atoms. The van der Waals surface area contributed by atoms with E-state index in [0.29, 0.717) is 5.95 Å². The second-order valence-electron chi connectivity index (χ2n) is 3.85. The average Bonchev–Trinajstić information content (AvgIpc) is 2.52. The van der Waals surface area contributed by atoms with Crippen molar-refractivity contribution in [3.8, 4) is 0 Å². The van der Waals surface area contributed by atoms with Crippen LogP contribution in [-0.2, 0) is 4.79 Å². The lowest BCUT2D eigenvalue weighted by molar-refractivity contribution is -0.118. The van der Waals surface area contributed by atoms with Crippen molar-refractivity contribution in [3.05, 3.63) is 24.3 Å². The number of carbonyl (C=O) groups excluding carboxylic acids is 1. The molecule has 5 nitrogen and oxygen atoms in total. The fourth-order valence-electron chi connectivity index (χ4n) is 1.91. The van der Waals surface area contributed by atoms with Gasteiger partial charge in [0.15, 0.2) is 0 Å². The van der Waals surface area contributed by atoms with E-state index in [2.05, 4.69) is 4.98 Å². The van der Waals surface area contributed by atoms with E-state index in [4.69, 9.17) is 11.5 Å². The maximum atomic E-state index is 10.9. The number of amides is 1. The summed E-state index contributed by atoms with van der Waals surface area (Å²) in [6.45, 7) is 1.90. The van der Waals surface area contributed by atoms with Gasteiger partial charge in [-0.3, -0.25) is 4.79 Å². The molecule has 2 aromatic rings. The van der Waals surface area contributed by atoms with E-state index in [1.165, 1.54) is 0 Å². The number of carbonyl (C=O) groups is 1. The van der Waals surface area contributed by atoms with Crippen LogP contribution in [0, 0.1) is 0 Å². The third kappa shape index (κ3) is 1.71. The molecule has 1 aromatic heterocycles. The first kappa shape index (κ1) is 10.5. The lowest BCUT2D eigenvalue weighted by Gasteiger charge is -2.13. The fourth-order valence-corrected chi connectivity index (χ4v) is 1.91. The molecule has 4 N–H and O–H groups in total. The molecule has 0 spiro atoms. The fraction of sp³-hybridized carbons (Fsp3) is 0.273. The van der Waals surface area contributed by atoms with Crippen molar-refractivity contribution in [3.63, 3.8) is 0 Å². The number of anilines is 1. The lowest BCUT2D eigenvalue weighted by atomic mass is 10.2. The highest BCUT2D eigenvalue weighted by Gasteiger charge is 2.15. The second kappa shape index (κ2) is 3.84. The van der Waals surface area contributed by atoms with Crippen molar-refractivity contribution in [2.75, 3.05) is 5.73 Å².